The lowest BCUT2D eigenvalue weighted by molar-refractivity contribution is 0.326. The first-order valence-electron chi connectivity index (χ1n) is 4.57. The van der Waals surface area contributed by atoms with E-state index >= 15 is 0 Å². The topological polar surface area (TPSA) is 67.1 Å². The van der Waals surface area contributed by atoms with Crippen molar-refractivity contribution in [1.29, 1.82) is 0 Å². The lowest BCUT2D eigenvalue weighted by Gasteiger charge is -2.20. The fourth-order valence-corrected chi connectivity index (χ4v) is 0.864. The minimum absolute atomic E-state index is 0.441. The SMILES string of the molecule is CC(CNc1cnc(N)cn1)N(C)C. The zero-order chi connectivity index (χ0) is 10.6. The van der Waals surface area contributed by atoms with E-state index < -0.39 is 0 Å². The van der Waals surface area contributed by atoms with Gasteiger partial charge in [-0.15, -0.1) is 0 Å². The highest BCUT2D eigenvalue weighted by molar-refractivity contribution is 5.35. The van der Waals surface area contributed by atoms with E-state index in [0.29, 0.717) is 11.9 Å². The Bertz CT molecular complexity index is 269. The van der Waals surface area contributed by atoms with Crippen LogP contribution in [0.4, 0.5) is 11.6 Å². The van der Waals surface area contributed by atoms with Crippen molar-refractivity contribution in [2.45, 2.75) is 13.0 Å². The Hall–Kier alpha value is -1.36. The van der Waals surface area contributed by atoms with E-state index in [1.165, 1.54) is 0 Å². The van der Waals surface area contributed by atoms with Gasteiger partial charge in [0, 0.05) is 12.6 Å². The van der Waals surface area contributed by atoms with Gasteiger partial charge in [0.05, 0.1) is 12.4 Å². The van der Waals surface area contributed by atoms with Gasteiger partial charge in [0.25, 0.3) is 0 Å². The molecule has 0 fully saturated rings. The van der Waals surface area contributed by atoms with Crippen molar-refractivity contribution in [3.63, 3.8) is 0 Å². The van der Waals surface area contributed by atoms with Crippen molar-refractivity contribution >= 4 is 11.6 Å². The van der Waals surface area contributed by atoms with Crippen molar-refractivity contribution in [2.24, 2.45) is 0 Å². The van der Waals surface area contributed by atoms with Gasteiger partial charge in [-0.05, 0) is 21.0 Å². The van der Waals surface area contributed by atoms with Crippen LogP contribution in [0.25, 0.3) is 0 Å². The Morgan fingerprint density at radius 1 is 1.43 bits per heavy atom. The zero-order valence-corrected chi connectivity index (χ0v) is 8.86. The molecule has 0 bridgehead atoms. The molecule has 0 spiro atoms. The molecule has 1 unspecified atom stereocenters. The highest BCUT2D eigenvalue weighted by Crippen LogP contribution is 2.02. The molecule has 78 valence electrons. The third-order valence-corrected chi connectivity index (χ3v) is 2.13. The first-order valence-corrected chi connectivity index (χ1v) is 4.57. The maximum Gasteiger partial charge on any atom is 0.144 e. The number of nitrogens with two attached hydrogens (primary N) is 1. The molecular weight excluding hydrogens is 178 g/mol. The standard InChI is InChI=1S/C9H17N5/c1-7(14(2)3)4-12-9-6-11-8(10)5-13-9/h5-7H,4H2,1-3H3,(H2,10,11)(H,12,13). The Labute approximate surface area is 84.3 Å². The third-order valence-electron chi connectivity index (χ3n) is 2.13. The maximum absolute atomic E-state index is 5.42. The van der Waals surface area contributed by atoms with Crippen LogP contribution in [0.1, 0.15) is 6.92 Å². The minimum Gasteiger partial charge on any atom is -0.382 e. The van der Waals surface area contributed by atoms with Crippen molar-refractivity contribution in [3.8, 4) is 0 Å². The van der Waals surface area contributed by atoms with Crippen molar-refractivity contribution < 1.29 is 0 Å². The Balaban J connectivity index is 2.42. The van der Waals surface area contributed by atoms with E-state index in [1.54, 1.807) is 12.4 Å². The fraction of sp³-hybridized carbons (Fsp3) is 0.556. The Kier molecular flexibility index (Phi) is 3.64. The Morgan fingerprint density at radius 2 is 2.14 bits per heavy atom. The van der Waals surface area contributed by atoms with Crippen LogP contribution in [0.3, 0.4) is 0 Å². The summed E-state index contributed by atoms with van der Waals surface area (Å²) in [4.78, 5) is 10.2. The molecule has 1 aromatic rings. The number of likely N-dealkylation sites (N-methyl/N-ethyl adjacent to an activating group) is 1. The molecule has 5 heteroatoms. The quantitative estimate of drug-likeness (QED) is 0.729. The summed E-state index contributed by atoms with van der Waals surface area (Å²) in [5.74, 6) is 1.20. The van der Waals surface area contributed by atoms with Gasteiger partial charge in [-0.3, -0.25) is 0 Å². The van der Waals surface area contributed by atoms with E-state index in [0.717, 1.165) is 12.4 Å². The van der Waals surface area contributed by atoms with Gasteiger partial charge < -0.3 is 16.0 Å². The minimum atomic E-state index is 0.441. The van der Waals surface area contributed by atoms with Gasteiger partial charge in [-0.25, -0.2) is 9.97 Å². The molecule has 0 aliphatic carbocycles. The van der Waals surface area contributed by atoms with Crippen LogP contribution in [0.15, 0.2) is 12.4 Å². The van der Waals surface area contributed by atoms with Gasteiger partial charge in [0.15, 0.2) is 0 Å². The number of aromatic nitrogens is 2. The van der Waals surface area contributed by atoms with Crippen molar-refractivity contribution in [3.05, 3.63) is 12.4 Å². The fourth-order valence-electron chi connectivity index (χ4n) is 0.864. The molecule has 0 amide bonds. The van der Waals surface area contributed by atoms with Crippen LogP contribution in [0, 0.1) is 0 Å². The molecule has 3 N–H and O–H groups in total. The first-order chi connectivity index (χ1) is 6.59. The molecule has 0 aromatic carbocycles. The average molecular weight is 195 g/mol. The monoisotopic (exact) mass is 195 g/mol. The van der Waals surface area contributed by atoms with Crippen LogP contribution in [0.5, 0.6) is 0 Å². The molecule has 0 radical (unpaired) electrons. The number of nitrogen functional groups attached to an aromatic ring is 1. The predicted molar refractivity (Wildman–Crippen MR) is 58.1 cm³/mol. The third kappa shape index (κ3) is 3.18. The normalized spacial score (nSPS) is 12.9. The first kappa shape index (κ1) is 10.7. The average Bonchev–Trinajstić information content (AvgIpc) is 2.16. The highest BCUT2D eigenvalue weighted by Gasteiger charge is 2.03. The summed E-state index contributed by atoms with van der Waals surface area (Å²) in [7, 11) is 4.09. The number of nitrogens with zero attached hydrogens (tertiary/aromatic N) is 3. The smallest absolute Gasteiger partial charge is 0.144 e. The molecule has 0 aliphatic rings. The second kappa shape index (κ2) is 4.76. The van der Waals surface area contributed by atoms with Gasteiger partial charge >= 0.3 is 0 Å². The van der Waals surface area contributed by atoms with Crippen LogP contribution in [-0.4, -0.2) is 41.5 Å². The van der Waals surface area contributed by atoms with Gasteiger partial charge in [-0.1, -0.05) is 0 Å². The van der Waals surface area contributed by atoms with Gasteiger partial charge in [0.2, 0.25) is 0 Å². The van der Waals surface area contributed by atoms with Gasteiger partial charge in [-0.2, -0.15) is 0 Å². The molecule has 0 saturated heterocycles. The molecule has 1 aromatic heterocycles. The second-order valence-electron chi connectivity index (χ2n) is 3.52. The molecule has 0 saturated carbocycles. The molecule has 0 aliphatic heterocycles. The summed E-state index contributed by atoms with van der Waals surface area (Å²) in [5, 5.41) is 3.18. The van der Waals surface area contributed by atoms with E-state index in [4.69, 9.17) is 5.73 Å². The number of nitrogens with one attached hydrogen (secondary N) is 1. The molecule has 1 heterocycles. The molecular formula is C9H17N5. The summed E-state index contributed by atoms with van der Waals surface area (Å²) in [6, 6.07) is 0.453. The van der Waals surface area contributed by atoms with E-state index in [1.807, 2.05) is 14.1 Å². The summed E-state index contributed by atoms with van der Waals surface area (Å²) in [5.41, 5.74) is 5.42. The number of hydrogen-bond donors (Lipinski definition) is 2. The zero-order valence-electron chi connectivity index (χ0n) is 8.86. The largest absolute Gasteiger partial charge is 0.382 e. The van der Waals surface area contributed by atoms with Crippen LogP contribution < -0.4 is 11.1 Å². The predicted octanol–water partition coefficient (Wildman–Crippen LogP) is 0.421. The summed E-state index contributed by atoms with van der Waals surface area (Å²) in [6.07, 6.45) is 3.18. The molecule has 5 nitrogen and oxygen atoms in total. The lowest BCUT2D eigenvalue weighted by atomic mass is 10.3. The van der Waals surface area contributed by atoms with E-state index in [9.17, 15) is 0 Å². The lowest BCUT2D eigenvalue weighted by Crippen LogP contribution is -2.31. The van der Waals surface area contributed by atoms with Gasteiger partial charge in [0.1, 0.15) is 11.6 Å². The van der Waals surface area contributed by atoms with Crippen molar-refractivity contribution in [1.82, 2.24) is 14.9 Å². The van der Waals surface area contributed by atoms with E-state index in [-0.39, 0.29) is 0 Å². The van der Waals surface area contributed by atoms with Crippen LogP contribution in [-0.2, 0) is 0 Å². The summed E-state index contributed by atoms with van der Waals surface area (Å²) >= 11 is 0. The molecule has 1 atom stereocenters. The summed E-state index contributed by atoms with van der Waals surface area (Å²) < 4.78 is 0. The Morgan fingerprint density at radius 3 is 2.64 bits per heavy atom. The maximum atomic E-state index is 5.42. The van der Waals surface area contributed by atoms with E-state index in [2.05, 4.69) is 27.1 Å². The number of hydrogen-bond acceptors (Lipinski definition) is 5. The second-order valence-corrected chi connectivity index (χ2v) is 3.52. The molecule has 1 rings (SSSR count). The van der Waals surface area contributed by atoms with Crippen molar-refractivity contribution in [2.75, 3.05) is 31.7 Å². The summed E-state index contributed by atoms with van der Waals surface area (Å²) in [6.45, 7) is 2.98. The highest BCUT2D eigenvalue weighted by atomic mass is 15.1. The molecule has 14 heavy (non-hydrogen) atoms. The number of anilines is 2. The van der Waals surface area contributed by atoms with Crippen LogP contribution in [0.2, 0.25) is 0 Å². The van der Waals surface area contributed by atoms with Crippen LogP contribution >= 0.6 is 0 Å². The number of rotatable bonds is 4.